The molecule has 2 N–H and O–H groups in total. The molecule has 2 aromatic heterocycles. The lowest BCUT2D eigenvalue weighted by atomic mass is 10.4. The minimum absolute atomic E-state index is 0.197. The molecule has 0 aliphatic heterocycles. The molecule has 0 saturated heterocycles. The summed E-state index contributed by atoms with van der Waals surface area (Å²) in [6.45, 7) is 1.83. The van der Waals surface area contributed by atoms with Crippen LogP contribution in [0.15, 0.2) is 12.5 Å². The summed E-state index contributed by atoms with van der Waals surface area (Å²) >= 11 is 1.06. The van der Waals surface area contributed by atoms with E-state index in [0.29, 0.717) is 16.4 Å². The van der Waals surface area contributed by atoms with Crippen molar-refractivity contribution in [3.8, 4) is 0 Å². The highest BCUT2D eigenvalue weighted by atomic mass is 32.1. The number of aromatic carboxylic acids is 1. The number of nitrogens with zero attached hydrogens (tertiary/aromatic N) is 3. The number of thiazole rings is 1. The molecule has 2 heterocycles. The van der Waals surface area contributed by atoms with Crippen molar-refractivity contribution in [2.24, 2.45) is 7.05 Å². The number of imidazole rings is 1. The van der Waals surface area contributed by atoms with Crippen LogP contribution in [-0.2, 0) is 13.6 Å². The second kappa shape index (κ2) is 5.19. The quantitative estimate of drug-likeness (QED) is 0.864. The topological polar surface area (TPSA) is 97.1 Å². The molecule has 0 bridgehead atoms. The number of hydrogen-bond donors (Lipinski definition) is 2. The van der Waals surface area contributed by atoms with Gasteiger partial charge < -0.3 is 15.0 Å². The summed E-state index contributed by atoms with van der Waals surface area (Å²) in [6, 6.07) is 0. The predicted octanol–water partition coefficient (Wildman–Crippen LogP) is 0.813. The van der Waals surface area contributed by atoms with Gasteiger partial charge in [-0.05, 0) is 6.92 Å². The van der Waals surface area contributed by atoms with E-state index in [9.17, 15) is 9.59 Å². The van der Waals surface area contributed by atoms with E-state index in [1.165, 1.54) is 12.5 Å². The zero-order chi connectivity index (χ0) is 14.0. The van der Waals surface area contributed by atoms with Crippen molar-refractivity contribution in [1.82, 2.24) is 19.9 Å². The Morgan fingerprint density at radius 2 is 2.26 bits per heavy atom. The van der Waals surface area contributed by atoms with Gasteiger partial charge in [0.2, 0.25) is 0 Å². The average Bonchev–Trinajstić information content (AvgIpc) is 2.92. The molecule has 8 heteroatoms. The number of nitrogens with one attached hydrogen (secondary N) is 1. The Morgan fingerprint density at radius 1 is 1.53 bits per heavy atom. The number of carboxylic acid groups (broad SMARTS) is 1. The average molecular weight is 280 g/mol. The molecule has 0 atom stereocenters. The molecule has 19 heavy (non-hydrogen) atoms. The molecule has 0 saturated carbocycles. The molecule has 0 radical (unpaired) electrons. The number of aromatic nitrogens is 3. The van der Waals surface area contributed by atoms with Crippen LogP contribution in [0, 0.1) is 6.92 Å². The zero-order valence-electron chi connectivity index (χ0n) is 10.4. The van der Waals surface area contributed by atoms with Gasteiger partial charge in [0, 0.05) is 7.05 Å². The number of carboxylic acids is 1. The van der Waals surface area contributed by atoms with Crippen LogP contribution in [-0.4, -0.2) is 31.5 Å². The summed E-state index contributed by atoms with van der Waals surface area (Å²) in [5.74, 6) is -1.27. The van der Waals surface area contributed by atoms with Crippen LogP contribution in [0.5, 0.6) is 0 Å². The molecule has 0 fully saturated rings. The van der Waals surface area contributed by atoms with Crippen LogP contribution in [0.25, 0.3) is 0 Å². The largest absolute Gasteiger partial charge is 0.477 e. The molecule has 2 rings (SSSR count). The van der Waals surface area contributed by atoms with E-state index >= 15 is 0 Å². The third-order valence-electron chi connectivity index (χ3n) is 2.48. The van der Waals surface area contributed by atoms with Gasteiger partial charge in [0.15, 0.2) is 0 Å². The summed E-state index contributed by atoms with van der Waals surface area (Å²) < 4.78 is 1.60. The molecular formula is C11H12N4O3S. The summed E-state index contributed by atoms with van der Waals surface area (Å²) in [5.41, 5.74) is 0.897. The highest BCUT2D eigenvalue weighted by Gasteiger charge is 2.15. The van der Waals surface area contributed by atoms with Gasteiger partial charge in [-0.25, -0.2) is 14.8 Å². The Morgan fingerprint density at radius 3 is 2.79 bits per heavy atom. The minimum Gasteiger partial charge on any atom is -0.477 e. The van der Waals surface area contributed by atoms with E-state index in [0.717, 1.165) is 11.3 Å². The van der Waals surface area contributed by atoms with Crippen molar-refractivity contribution < 1.29 is 14.7 Å². The number of hydrogen-bond acceptors (Lipinski definition) is 5. The van der Waals surface area contributed by atoms with Gasteiger partial charge in [0.1, 0.15) is 15.6 Å². The SMILES string of the molecule is Cc1nc(CNC(=O)c2cncn2C)sc1C(=O)O. The highest BCUT2D eigenvalue weighted by molar-refractivity contribution is 7.13. The fourth-order valence-corrected chi connectivity index (χ4v) is 2.39. The molecule has 100 valence electrons. The van der Waals surface area contributed by atoms with Gasteiger partial charge in [-0.15, -0.1) is 11.3 Å². The van der Waals surface area contributed by atoms with Crippen LogP contribution in [0.2, 0.25) is 0 Å². The number of amides is 1. The third-order valence-corrected chi connectivity index (χ3v) is 3.63. The minimum atomic E-state index is -1.00. The lowest BCUT2D eigenvalue weighted by Crippen LogP contribution is -2.24. The van der Waals surface area contributed by atoms with E-state index in [1.807, 2.05) is 0 Å². The van der Waals surface area contributed by atoms with Crippen LogP contribution in [0.4, 0.5) is 0 Å². The fourth-order valence-electron chi connectivity index (χ4n) is 1.55. The molecule has 2 aromatic rings. The van der Waals surface area contributed by atoms with E-state index < -0.39 is 5.97 Å². The fraction of sp³-hybridized carbons (Fsp3) is 0.273. The number of rotatable bonds is 4. The van der Waals surface area contributed by atoms with Gasteiger partial charge in [-0.3, -0.25) is 4.79 Å². The van der Waals surface area contributed by atoms with Crippen LogP contribution < -0.4 is 5.32 Å². The Hall–Kier alpha value is -2.22. The van der Waals surface area contributed by atoms with Crippen molar-refractivity contribution in [3.05, 3.63) is 33.8 Å². The zero-order valence-corrected chi connectivity index (χ0v) is 11.2. The first kappa shape index (κ1) is 13.2. The lowest BCUT2D eigenvalue weighted by molar-refractivity contribution is 0.0701. The smallest absolute Gasteiger partial charge is 0.347 e. The molecule has 7 nitrogen and oxygen atoms in total. The first-order valence-electron chi connectivity index (χ1n) is 5.43. The second-order valence-electron chi connectivity index (χ2n) is 3.90. The maximum absolute atomic E-state index is 11.8. The molecule has 0 spiro atoms. The van der Waals surface area contributed by atoms with Gasteiger partial charge >= 0.3 is 5.97 Å². The molecule has 0 aliphatic carbocycles. The number of carbonyl (C=O) groups is 2. The maximum Gasteiger partial charge on any atom is 0.347 e. The van der Waals surface area contributed by atoms with E-state index in [4.69, 9.17) is 5.11 Å². The Kier molecular flexibility index (Phi) is 3.61. The first-order valence-corrected chi connectivity index (χ1v) is 6.25. The summed E-state index contributed by atoms with van der Waals surface area (Å²) in [7, 11) is 1.72. The van der Waals surface area contributed by atoms with E-state index in [2.05, 4.69) is 15.3 Å². The van der Waals surface area contributed by atoms with Crippen molar-refractivity contribution >= 4 is 23.2 Å². The van der Waals surface area contributed by atoms with Crippen LogP contribution >= 0.6 is 11.3 Å². The molecule has 0 unspecified atom stereocenters. The normalized spacial score (nSPS) is 10.4. The molecule has 0 aliphatic rings. The third kappa shape index (κ3) is 2.79. The maximum atomic E-state index is 11.8. The first-order chi connectivity index (χ1) is 8.99. The van der Waals surface area contributed by atoms with Crippen molar-refractivity contribution in [2.45, 2.75) is 13.5 Å². The standard InChI is InChI=1S/C11H12N4O3S/c1-6-9(11(17)18)19-8(14-6)4-13-10(16)7-3-12-5-15(7)2/h3,5H,4H2,1-2H3,(H,13,16)(H,17,18). The van der Waals surface area contributed by atoms with Gasteiger partial charge in [-0.2, -0.15) is 0 Å². The Bertz CT molecular complexity index is 632. The van der Waals surface area contributed by atoms with Crippen molar-refractivity contribution in [2.75, 3.05) is 0 Å². The summed E-state index contributed by atoms with van der Waals surface area (Å²) in [4.78, 5) is 30.8. The molecule has 1 amide bonds. The van der Waals surface area contributed by atoms with E-state index in [-0.39, 0.29) is 17.3 Å². The van der Waals surface area contributed by atoms with Crippen LogP contribution in [0.3, 0.4) is 0 Å². The van der Waals surface area contributed by atoms with Crippen LogP contribution in [0.1, 0.15) is 30.9 Å². The highest BCUT2D eigenvalue weighted by Crippen LogP contribution is 2.17. The molecular weight excluding hydrogens is 268 g/mol. The summed E-state index contributed by atoms with van der Waals surface area (Å²) in [6.07, 6.45) is 3.00. The Balaban J connectivity index is 2.03. The number of carbonyl (C=O) groups excluding carboxylic acids is 1. The summed E-state index contributed by atoms with van der Waals surface area (Å²) in [5, 5.41) is 12.2. The monoisotopic (exact) mass is 280 g/mol. The molecule has 0 aromatic carbocycles. The number of aryl methyl sites for hydroxylation is 2. The van der Waals surface area contributed by atoms with Gasteiger partial charge in [0.25, 0.3) is 5.91 Å². The van der Waals surface area contributed by atoms with E-state index in [1.54, 1.807) is 18.5 Å². The second-order valence-corrected chi connectivity index (χ2v) is 4.98. The van der Waals surface area contributed by atoms with Gasteiger partial charge in [0.05, 0.1) is 24.8 Å². The predicted molar refractivity (Wildman–Crippen MR) is 68.2 cm³/mol. The van der Waals surface area contributed by atoms with Crippen molar-refractivity contribution in [1.29, 1.82) is 0 Å². The lowest BCUT2D eigenvalue weighted by Gasteiger charge is -2.02. The Labute approximate surface area is 112 Å². The van der Waals surface area contributed by atoms with Crippen molar-refractivity contribution in [3.63, 3.8) is 0 Å². The van der Waals surface area contributed by atoms with Gasteiger partial charge in [-0.1, -0.05) is 0 Å².